The minimum atomic E-state index is 0.329. The summed E-state index contributed by atoms with van der Waals surface area (Å²) in [6.45, 7) is 5.23. The van der Waals surface area contributed by atoms with Crippen LogP contribution in [0.1, 0.15) is 30.9 Å². The quantitative estimate of drug-likeness (QED) is 0.807. The Hall–Kier alpha value is -1.32. The largest absolute Gasteiger partial charge is 0.508 e. The summed E-state index contributed by atoms with van der Waals surface area (Å²) >= 11 is 3.65. The average Bonchev–Trinajstić information content (AvgIpc) is 2.44. The molecule has 2 aromatic rings. The van der Waals surface area contributed by atoms with Crippen molar-refractivity contribution >= 4 is 15.9 Å². The number of hydrogen-bond acceptors (Lipinski definition) is 2. The molecule has 0 bridgehead atoms. The molecule has 2 rings (SSSR count). The maximum absolute atomic E-state index is 9.64. The highest BCUT2D eigenvalue weighted by atomic mass is 79.9. The number of benzene rings is 2. The minimum Gasteiger partial charge on any atom is -0.508 e. The van der Waals surface area contributed by atoms with Gasteiger partial charge < -0.3 is 10.4 Å². The second-order valence-corrected chi connectivity index (χ2v) is 6.51. The molecule has 0 heterocycles. The van der Waals surface area contributed by atoms with Gasteiger partial charge in [0.05, 0.1) is 0 Å². The Morgan fingerprint density at radius 2 is 1.86 bits per heavy atom. The maximum Gasteiger partial charge on any atom is 0.115 e. The lowest BCUT2D eigenvalue weighted by Gasteiger charge is -2.21. The summed E-state index contributed by atoms with van der Waals surface area (Å²) in [6, 6.07) is 16.3. The standard InChI is InChI=1S/C18H22BrNO/c1-13(2)20-12-15(17-8-3-4-9-18(17)19)10-14-6-5-7-16(21)11-14/h3-9,11,13,15,20-21H,10,12H2,1-2H3. The van der Waals surface area contributed by atoms with Crippen molar-refractivity contribution in [3.05, 3.63) is 64.1 Å². The third-order valence-corrected chi connectivity index (χ3v) is 4.23. The molecule has 0 amide bonds. The van der Waals surface area contributed by atoms with Gasteiger partial charge in [-0.15, -0.1) is 0 Å². The molecule has 112 valence electrons. The van der Waals surface area contributed by atoms with E-state index >= 15 is 0 Å². The Labute approximate surface area is 135 Å². The molecule has 2 aromatic carbocycles. The molecule has 3 heteroatoms. The van der Waals surface area contributed by atoms with Crippen LogP contribution in [-0.4, -0.2) is 17.7 Å². The first-order valence-corrected chi connectivity index (χ1v) is 8.11. The van der Waals surface area contributed by atoms with E-state index in [2.05, 4.69) is 59.4 Å². The van der Waals surface area contributed by atoms with Crippen molar-refractivity contribution in [3.8, 4) is 5.75 Å². The molecule has 0 spiro atoms. The smallest absolute Gasteiger partial charge is 0.115 e. The monoisotopic (exact) mass is 347 g/mol. The third kappa shape index (κ3) is 4.87. The number of phenols is 1. The van der Waals surface area contributed by atoms with E-state index in [0.29, 0.717) is 17.7 Å². The van der Waals surface area contributed by atoms with Crippen molar-refractivity contribution in [2.45, 2.75) is 32.2 Å². The molecule has 0 aromatic heterocycles. The van der Waals surface area contributed by atoms with Crippen molar-refractivity contribution in [3.63, 3.8) is 0 Å². The van der Waals surface area contributed by atoms with Crippen LogP contribution in [0.3, 0.4) is 0 Å². The van der Waals surface area contributed by atoms with Crippen molar-refractivity contribution in [2.75, 3.05) is 6.54 Å². The van der Waals surface area contributed by atoms with Gasteiger partial charge in [0, 0.05) is 23.0 Å². The fraction of sp³-hybridized carbons (Fsp3) is 0.333. The summed E-state index contributed by atoms with van der Waals surface area (Å²) in [5.74, 6) is 0.694. The van der Waals surface area contributed by atoms with Gasteiger partial charge in [0.1, 0.15) is 5.75 Å². The predicted molar refractivity (Wildman–Crippen MR) is 91.8 cm³/mol. The molecule has 0 saturated heterocycles. The predicted octanol–water partition coefficient (Wildman–Crippen LogP) is 4.48. The molecular formula is C18H22BrNO. The number of hydrogen-bond donors (Lipinski definition) is 2. The van der Waals surface area contributed by atoms with E-state index in [0.717, 1.165) is 23.0 Å². The van der Waals surface area contributed by atoms with Crippen LogP contribution < -0.4 is 5.32 Å². The zero-order valence-electron chi connectivity index (χ0n) is 12.5. The molecule has 1 unspecified atom stereocenters. The Morgan fingerprint density at radius 1 is 1.10 bits per heavy atom. The van der Waals surface area contributed by atoms with Crippen LogP contribution in [0.25, 0.3) is 0 Å². The average molecular weight is 348 g/mol. The summed E-state index contributed by atoms with van der Waals surface area (Å²) in [4.78, 5) is 0. The molecular weight excluding hydrogens is 326 g/mol. The second-order valence-electron chi connectivity index (χ2n) is 5.66. The third-order valence-electron chi connectivity index (χ3n) is 3.51. The number of phenolic OH excluding ortho intramolecular Hbond substituents is 1. The number of halogens is 1. The van der Waals surface area contributed by atoms with Crippen molar-refractivity contribution in [2.24, 2.45) is 0 Å². The van der Waals surface area contributed by atoms with Crippen molar-refractivity contribution < 1.29 is 5.11 Å². The van der Waals surface area contributed by atoms with Crippen LogP contribution in [0.15, 0.2) is 53.0 Å². The van der Waals surface area contributed by atoms with Crippen LogP contribution in [-0.2, 0) is 6.42 Å². The highest BCUT2D eigenvalue weighted by molar-refractivity contribution is 9.10. The highest BCUT2D eigenvalue weighted by Gasteiger charge is 2.15. The first-order valence-electron chi connectivity index (χ1n) is 7.32. The molecule has 21 heavy (non-hydrogen) atoms. The van der Waals surface area contributed by atoms with Crippen molar-refractivity contribution in [1.29, 1.82) is 0 Å². The van der Waals surface area contributed by atoms with E-state index in [4.69, 9.17) is 0 Å². The summed E-state index contributed by atoms with van der Waals surface area (Å²) in [5, 5.41) is 13.2. The van der Waals surface area contributed by atoms with Gasteiger partial charge in [0.25, 0.3) is 0 Å². The van der Waals surface area contributed by atoms with Gasteiger partial charge in [-0.05, 0) is 35.7 Å². The number of rotatable bonds is 6. The topological polar surface area (TPSA) is 32.3 Å². The molecule has 0 aliphatic carbocycles. The molecule has 2 N–H and O–H groups in total. The van der Waals surface area contributed by atoms with E-state index in [1.165, 1.54) is 5.56 Å². The van der Waals surface area contributed by atoms with Gasteiger partial charge in [0.2, 0.25) is 0 Å². The zero-order chi connectivity index (χ0) is 15.2. The fourth-order valence-corrected chi connectivity index (χ4v) is 3.05. The Kier molecular flexibility index (Phi) is 5.83. The first kappa shape index (κ1) is 16.1. The molecule has 1 atom stereocenters. The van der Waals surface area contributed by atoms with Gasteiger partial charge in [-0.25, -0.2) is 0 Å². The van der Waals surface area contributed by atoms with Crippen LogP contribution in [0.4, 0.5) is 0 Å². The molecule has 0 saturated carbocycles. The van der Waals surface area contributed by atoms with Gasteiger partial charge in [-0.2, -0.15) is 0 Å². The minimum absolute atomic E-state index is 0.329. The Balaban J connectivity index is 2.22. The summed E-state index contributed by atoms with van der Waals surface area (Å²) in [7, 11) is 0. The van der Waals surface area contributed by atoms with Gasteiger partial charge in [0.15, 0.2) is 0 Å². The van der Waals surface area contributed by atoms with Gasteiger partial charge >= 0.3 is 0 Å². The number of nitrogens with one attached hydrogen (secondary N) is 1. The molecule has 0 radical (unpaired) electrons. The highest BCUT2D eigenvalue weighted by Crippen LogP contribution is 2.28. The molecule has 0 aliphatic rings. The Morgan fingerprint density at radius 3 is 2.52 bits per heavy atom. The SMILES string of the molecule is CC(C)NCC(Cc1cccc(O)c1)c1ccccc1Br. The lowest BCUT2D eigenvalue weighted by atomic mass is 9.91. The van der Waals surface area contributed by atoms with E-state index < -0.39 is 0 Å². The molecule has 0 fully saturated rings. The van der Waals surface area contributed by atoms with Crippen LogP contribution in [0, 0.1) is 0 Å². The summed E-state index contributed by atoms with van der Waals surface area (Å²) in [5.41, 5.74) is 2.45. The van der Waals surface area contributed by atoms with E-state index in [-0.39, 0.29) is 0 Å². The van der Waals surface area contributed by atoms with Crippen molar-refractivity contribution in [1.82, 2.24) is 5.32 Å². The van der Waals surface area contributed by atoms with Crippen LogP contribution in [0.5, 0.6) is 5.75 Å². The summed E-state index contributed by atoms with van der Waals surface area (Å²) < 4.78 is 1.14. The zero-order valence-corrected chi connectivity index (χ0v) is 14.1. The summed E-state index contributed by atoms with van der Waals surface area (Å²) in [6.07, 6.45) is 0.900. The van der Waals surface area contributed by atoms with E-state index in [9.17, 15) is 5.11 Å². The van der Waals surface area contributed by atoms with E-state index in [1.807, 2.05) is 18.2 Å². The molecule has 0 aliphatic heterocycles. The van der Waals surface area contributed by atoms with E-state index in [1.54, 1.807) is 6.07 Å². The first-order chi connectivity index (χ1) is 10.1. The Bertz CT molecular complexity index is 583. The van der Waals surface area contributed by atoms with Crippen LogP contribution in [0.2, 0.25) is 0 Å². The van der Waals surface area contributed by atoms with Crippen LogP contribution >= 0.6 is 15.9 Å². The fourth-order valence-electron chi connectivity index (χ4n) is 2.44. The van der Waals surface area contributed by atoms with Gasteiger partial charge in [-0.3, -0.25) is 0 Å². The van der Waals surface area contributed by atoms with Gasteiger partial charge in [-0.1, -0.05) is 60.1 Å². The lowest BCUT2D eigenvalue weighted by molar-refractivity contribution is 0.473. The number of aromatic hydroxyl groups is 1. The normalized spacial score (nSPS) is 12.6. The maximum atomic E-state index is 9.64. The lowest BCUT2D eigenvalue weighted by Crippen LogP contribution is -2.29. The molecule has 2 nitrogen and oxygen atoms in total. The second kappa shape index (κ2) is 7.62.